The molecule has 0 bridgehead atoms. The average Bonchev–Trinajstić information content (AvgIpc) is 3.34. The van der Waals surface area contributed by atoms with Gasteiger partial charge in [-0.15, -0.1) is 21.5 Å². The highest BCUT2D eigenvalue weighted by atomic mass is 32.2. The quantitative estimate of drug-likeness (QED) is 0.712. The molecule has 10 heteroatoms. The van der Waals surface area contributed by atoms with Crippen molar-refractivity contribution in [3.63, 3.8) is 0 Å². The second-order valence-corrected chi connectivity index (χ2v) is 9.75. The molecule has 0 aliphatic heterocycles. The van der Waals surface area contributed by atoms with Crippen LogP contribution < -0.4 is 4.72 Å². The molecule has 0 amide bonds. The van der Waals surface area contributed by atoms with Crippen molar-refractivity contribution in [2.75, 3.05) is 4.72 Å². The number of hydrogen-bond donors (Lipinski definition) is 1. The topological polar surface area (TPSA) is 89.8 Å². The van der Waals surface area contributed by atoms with E-state index in [9.17, 15) is 8.42 Å². The molecule has 0 spiro atoms. The molecule has 0 saturated heterocycles. The van der Waals surface area contributed by atoms with Crippen LogP contribution in [0.15, 0.2) is 28.6 Å². The summed E-state index contributed by atoms with van der Waals surface area (Å²) in [5, 5.41) is 15.2. The molecule has 3 aromatic heterocycles. The van der Waals surface area contributed by atoms with E-state index in [0.29, 0.717) is 10.7 Å². The first kappa shape index (κ1) is 16.7. The summed E-state index contributed by atoms with van der Waals surface area (Å²) in [4.78, 5) is 1.03. The highest BCUT2D eigenvalue weighted by Gasteiger charge is 2.28. The molecule has 1 fully saturated rings. The fraction of sp³-hybridized carbons (Fsp3) is 0.400. The molecular weight excluding hydrogens is 378 g/mol. The third-order valence-electron chi connectivity index (χ3n) is 4.19. The second-order valence-electron chi connectivity index (χ2n) is 5.97. The van der Waals surface area contributed by atoms with Crippen molar-refractivity contribution in [3.8, 4) is 10.6 Å². The molecule has 7 nitrogen and oxygen atoms in total. The minimum absolute atomic E-state index is 0.190. The molecule has 3 heterocycles. The van der Waals surface area contributed by atoms with Gasteiger partial charge in [-0.1, -0.05) is 30.2 Å². The zero-order chi connectivity index (χ0) is 17.4. The van der Waals surface area contributed by atoms with Gasteiger partial charge in [0.1, 0.15) is 15.6 Å². The lowest BCUT2D eigenvalue weighted by Gasteiger charge is -2.08. The number of nitrogens with zero attached hydrogens (tertiary/aromatic N) is 4. The molecule has 1 N–H and O–H groups in total. The molecule has 1 aliphatic carbocycles. The predicted octanol–water partition coefficient (Wildman–Crippen LogP) is 3.69. The Kier molecular flexibility index (Phi) is 4.34. The van der Waals surface area contributed by atoms with Gasteiger partial charge in [0.25, 0.3) is 10.0 Å². The fourth-order valence-corrected chi connectivity index (χ4v) is 5.78. The largest absolute Gasteiger partial charge is 0.268 e. The second kappa shape index (κ2) is 6.50. The van der Waals surface area contributed by atoms with Crippen LogP contribution in [0.2, 0.25) is 0 Å². The van der Waals surface area contributed by atoms with Gasteiger partial charge in [-0.05, 0) is 31.2 Å². The van der Waals surface area contributed by atoms with Crippen molar-refractivity contribution in [3.05, 3.63) is 28.7 Å². The number of anilines is 1. The van der Waals surface area contributed by atoms with Crippen molar-refractivity contribution in [2.45, 2.75) is 43.5 Å². The lowest BCUT2D eigenvalue weighted by Crippen LogP contribution is -2.13. The van der Waals surface area contributed by atoms with E-state index in [1.807, 2.05) is 22.2 Å². The van der Waals surface area contributed by atoms with Crippen LogP contribution in [-0.2, 0) is 10.0 Å². The van der Waals surface area contributed by atoms with Crippen LogP contribution in [0.1, 0.15) is 36.7 Å². The van der Waals surface area contributed by atoms with E-state index in [4.69, 9.17) is 0 Å². The Labute approximate surface area is 153 Å². The van der Waals surface area contributed by atoms with E-state index in [0.717, 1.165) is 30.6 Å². The maximum absolute atomic E-state index is 12.9. The van der Waals surface area contributed by atoms with Gasteiger partial charge < -0.3 is 0 Å². The molecule has 1 aliphatic rings. The third kappa shape index (κ3) is 3.33. The molecule has 0 aromatic carbocycles. The summed E-state index contributed by atoms with van der Waals surface area (Å²) in [7, 11) is -3.78. The zero-order valence-electron chi connectivity index (χ0n) is 13.5. The van der Waals surface area contributed by atoms with Crippen LogP contribution in [0.3, 0.4) is 0 Å². The van der Waals surface area contributed by atoms with Gasteiger partial charge in [0, 0.05) is 6.20 Å². The number of rotatable bonds is 5. The number of thiophene rings is 1. The molecule has 0 atom stereocenters. The number of aromatic nitrogens is 4. The van der Waals surface area contributed by atoms with Crippen LogP contribution in [0.5, 0.6) is 0 Å². The number of nitrogens with one attached hydrogen (secondary N) is 1. The van der Waals surface area contributed by atoms with E-state index in [-0.39, 0.29) is 16.1 Å². The molecule has 0 radical (unpaired) electrons. The summed E-state index contributed by atoms with van der Waals surface area (Å²) >= 11 is 2.69. The molecule has 25 heavy (non-hydrogen) atoms. The summed E-state index contributed by atoms with van der Waals surface area (Å²) in [6.45, 7) is 1.78. The molecular formula is C15H17N5O2S3. The summed E-state index contributed by atoms with van der Waals surface area (Å²) in [5.41, 5.74) is 0.496. The maximum Gasteiger partial charge on any atom is 0.267 e. The summed E-state index contributed by atoms with van der Waals surface area (Å²) in [6, 6.07) is 4.05. The molecule has 0 unspecified atom stereocenters. The molecule has 1 saturated carbocycles. The van der Waals surface area contributed by atoms with Crippen LogP contribution in [0, 0.1) is 6.92 Å². The van der Waals surface area contributed by atoms with Crippen molar-refractivity contribution in [1.29, 1.82) is 0 Å². The lowest BCUT2D eigenvalue weighted by atomic mass is 10.3. The van der Waals surface area contributed by atoms with E-state index in [1.165, 1.54) is 22.7 Å². The first-order chi connectivity index (χ1) is 12.0. The van der Waals surface area contributed by atoms with Gasteiger partial charge in [-0.2, -0.15) is 5.10 Å². The average molecular weight is 396 g/mol. The van der Waals surface area contributed by atoms with E-state index in [2.05, 4.69) is 20.0 Å². The van der Waals surface area contributed by atoms with Crippen molar-refractivity contribution in [2.24, 2.45) is 0 Å². The monoisotopic (exact) mass is 395 g/mol. The highest BCUT2D eigenvalue weighted by Crippen LogP contribution is 2.35. The van der Waals surface area contributed by atoms with Crippen molar-refractivity contribution in [1.82, 2.24) is 20.0 Å². The van der Waals surface area contributed by atoms with Gasteiger partial charge in [-0.3, -0.25) is 9.40 Å². The first-order valence-electron chi connectivity index (χ1n) is 7.99. The number of aryl methyl sites for hydroxylation is 1. The Hall–Kier alpha value is -1.78. The fourth-order valence-electron chi connectivity index (χ4n) is 3.02. The van der Waals surface area contributed by atoms with Gasteiger partial charge in [0.2, 0.25) is 5.13 Å². The Bertz CT molecular complexity index is 969. The summed E-state index contributed by atoms with van der Waals surface area (Å²) < 4.78 is 30.2. The Morgan fingerprint density at radius 2 is 2.08 bits per heavy atom. The van der Waals surface area contributed by atoms with E-state index < -0.39 is 10.0 Å². The van der Waals surface area contributed by atoms with Gasteiger partial charge >= 0.3 is 0 Å². The van der Waals surface area contributed by atoms with E-state index >= 15 is 0 Å². The number of hydrogen-bond acceptors (Lipinski definition) is 7. The number of sulfonamides is 1. The standard InChI is InChI=1S/C15H17N5O2S3/c1-10-16-17-15(24-10)19-25(21,22)13-9-20(11-5-2-3-6-11)18-14(13)12-7-4-8-23-12/h4,7-9,11H,2-3,5-6H2,1H3,(H,17,19). The zero-order valence-corrected chi connectivity index (χ0v) is 16.0. The van der Waals surface area contributed by atoms with Crippen LogP contribution in [0.4, 0.5) is 5.13 Å². The molecule has 4 rings (SSSR count). The maximum atomic E-state index is 12.9. The smallest absolute Gasteiger partial charge is 0.267 e. The van der Waals surface area contributed by atoms with Crippen LogP contribution in [-0.4, -0.2) is 28.4 Å². The van der Waals surface area contributed by atoms with E-state index in [1.54, 1.807) is 13.1 Å². The molecule has 132 valence electrons. The third-order valence-corrected chi connectivity index (χ3v) is 7.29. The van der Waals surface area contributed by atoms with Crippen LogP contribution in [0.25, 0.3) is 10.6 Å². The normalized spacial score (nSPS) is 15.7. The summed E-state index contributed by atoms with van der Waals surface area (Å²) in [5.74, 6) is 0. The highest BCUT2D eigenvalue weighted by molar-refractivity contribution is 7.93. The minimum Gasteiger partial charge on any atom is -0.268 e. The van der Waals surface area contributed by atoms with Gasteiger partial charge in [0.15, 0.2) is 0 Å². The van der Waals surface area contributed by atoms with Gasteiger partial charge in [-0.25, -0.2) is 8.42 Å². The lowest BCUT2D eigenvalue weighted by molar-refractivity contribution is 0.467. The summed E-state index contributed by atoms with van der Waals surface area (Å²) in [6.07, 6.45) is 6.04. The Balaban J connectivity index is 1.76. The Morgan fingerprint density at radius 1 is 1.28 bits per heavy atom. The predicted molar refractivity (Wildman–Crippen MR) is 98.5 cm³/mol. The molecule has 3 aromatic rings. The first-order valence-corrected chi connectivity index (χ1v) is 11.2. The Morgan fingerprint density at radius 3 is 2.72 bits per heavy atom. The van der Waals surface area contributed by atoms with Crippen molar-refractivity contribution >= 4 is 37.8 Å². The van der Waals surface area contributed by atoms with Gasteiger partial charge in [0.05, 0.1) is 10.9 Å². The van der Waals surface area contributed by atoms with Crippen molar-refractivity contribution < 1.29 is 8.42 Å². The van der Waals surface area contributed by atoms with Crippen LogP contribution >= 0.6 is 22.7 Å². The SMILES string of the molecule is Cc1nnc(NS(=O)(=O)c2cn(C3CCCC3)nc2-c2cccs2)s1. The minimum atomic E-state index is -3.78.